The molecule has 7 nitrogen and oxygen atoms in total. The Morgan fingerprint density at radius 3 is 2.67 bits per heavy atom. The molecule has 3 rings (SSSR count). The maximum Gasteiger partial charge on any atom is 0.272 e. The van der Waals surface area contributed by atoms with Crippen LogP contribution in [0.2, 0.25) is 0 Å². The Morgan fingerprint density at radius 2 is 2.04 bits per heavy atom. The molecule has 0 atom stereocenters. The molecule has 27 heavy (non-hydrogen) atoms. The predicted molar refractivity (Wildman–Crippen MR) is 88.7 cm³/mol. The summed E-state index contributed by atoms with van der Waals surface area (Å²) in [4.78, 5) is 18.8. The van der Waals surface area contributed by atoms with Gasteiger partial charge in [-0.3, -0.25) is 4.79 Å². The van der Waals surface area contributed by atoms with Gasteiger partial charge in [-0.05, 0) is 19.9 Å². The van der Waals surface area contributed by atoms with Crippen molar-refractivity contribution in [3.8, 4) is 11.6 Å². The molecule has 0 bridgehead atoms. The molecular formula is C17H15F3N4O3. The number of alkyl halides is 2. The number of fused-ring (bicyclic) bond motifs is 1. The van der Waals surface area contributed by atoms with E-state index in [-0.39, 0.29) is 28.5 Å². The van der Waals surface area contributed by atoms with Crippen LogP contribution in [-0.4, -0.2) is 44.2 Å². The molecule has 10 heteroatoms. The Morgan fingerprint density at radius 1 is 1.30 bits per heavy atom. The van der Waals surface area contributed by atoms with Gasteiger partial charge in [0, 0.05) is 23.2 Å². The number of ether oxygens (including phenoxy) is 1. The zero-order chi connectivity index (χ0) is 19.8. The summed E-state index contributed by atoms with van der Waals surface area (Å²) in [5.41, 5.74) is -0.974. The number of carbonyl (C=O) groups excluding carboxylic acids is 1. The van der Waals surface area contributed by atoms with Crippen molar-refractivity contribution in [3.05, 3.63) is 41.6 Å². The van der Waals surface area contributed by atoms with Crippen molar-refractivity contribution < 1.29 is 27.8 Å². The zero-order valence-corrected chi connectivity index (χ0v) is 14.4. The van der Waals surface area contributed by atoms with Crippen molar-refractivity contribution in [2.75, 3.05) is 6.61 Å². The SMILES string of the molecule is CC(C)(O)c1nn(-c2cc(OCC(F)F)ncc2F)c2ncc(C=O)cc12. The molecule has 0 aliphatic heterocycles. The number of hydrogen-bond acceptors (Lipinski definition) is 6. The van der Waals surface area contributed by atoms with Crippen molar-refractivity contribution in [2.45, 2.75) is 25.9 Å². The average Bonchev–Trinajstić information content (AvgIpc) is 2.99. The number of halogens is 3. The quantitative estimate of drug-likeness (QED) is 0.661. The second kappa shape index (κ2) is 6.95. The van der Waals surface area contributed by atoms with Crippen LogP contribution in [-0.2, 0) is 5.60 Å². The lowest BCUT2D eigenvalue weighted by atomic mass is 10.0. The molecule has 3 aromatic heterocycles. The highest BCUT2D eigenvalue weighted by atomic mass is 19.3. The second-order valence-electron chi connectivity index (χ2n) is 6.25. The first-order valence-electron chi connectivity index (χ1n) is 7.84. The fraction of sp³-hybridized carbons (Fsp3) is 0.294. The van der Waals surface area contributed by atoms with Gasteiger partial charge in [-0.2, -0.15) is 5.10 Å². The summed E-state index contributed by atoms with van der Waals surface area (Å²) in [6.45, 7) is 2.06. The number of carbonyl (C=O) groups is 1. The fourth-order valence-corrected chi connectivity index (χ4v) is 2.50. The third-order valence-corrected chi connectivity index (χ3v) is 3.65. The van der Waals surface area contributed by atoms with Crippen LogP contribution in [0.3, 0.4) is 0 Å². The Hall–Kier alpha value is -3.01. The first-order chi connectivity index (χ1) is 12.7. The Kier molecular flexibility index (Phi) is 4.83. The maximum atomic E-state index is 14.4. The van der Waals surface area contributed by atoms with E-state index in [0.29, 0.717) is 11.7 Å². The summed E-state index contributed by atoms with van der Waals surface area (Å²) in [6.07, 6.45) is -0.0419. The van der Waals surface area contributed by atoms with Crippen molar-refractivity contribution in [1.29, 1.82) is 0 Å². The van der Waals surface area contributed by atoms with Crippen LogP contribution in [0.1, 0.15) is 29.9 Å². The molecule has 0 saturated heterocycles. The van der Waals surface area contributed by atoms with Crippen molar-refractivity contribution >= 4 is 17.3 Å². The van der Waals surface area contributed by atoms with Gasteiger partial charge < -0.3 is 9.84 Å². The number of aliphatic hydroxyl groups is 1. The van der Waals surface area contributed by atoms with Crippen molar-refractivity contribution in [2.24, 2.45) is 0 Å². The molecule has 0 radical (unpaired) electrons. The van der Waals surface area contributed by atoms with Gasteiger partial charge in [0.15, 0.2) is 24.4 Å². The van der Waals surface area contributed by atoms with E-state index in [0.717, 1.165) is 16.9 Å². The van der Waals surface area contributed by atoms with Crippen molar-refractivity contribution in [3.63, 3.8) is 0 Å². The number of hydrogen-bond donors (Lipinski definition) is 1. The highest BCUT2D eigenvalue weighted by Gasteiger charge is 2.27. The number of pyridine rings is 2. The van der Waals surface area contributed by atoms with E-state index >= 15 is 0 Å². The largest absolute Gasteiger partial charge is 0.472 e. The molecule has 0 unspecified atom stereocenters. The molecule has 0 aliphatic rings. The zero-order valence-electron chi connectivity index (χ0n) is 14.4. The number of aldehydes is 1. The van der Waals surface area contributed by atoms with Crippen LogP contribution in [0.5, 0.6) is 5.88 Å². The van der Waals surface area contributed by atoms with Gasteiger partial charge in [-0.15, -0.1) is 0 Å². The number of aromatic nitrogens is 4. The Bertz CT molecular complexity index is 999. The third kappa shape index (κ3) is 3.75. The molecule has 0 saturated carbocycles. The average molecular weight is 380 g/mol. The van der Waals surface area contributed by atoms with Crippen LogP contribution >= 0.6 is 0 Å². The molecule has 1 N–H and O–H groups in total. The standard InChI is InChI=1S/C17H15F3N4O3/c1-17(2,26)15-10-3-9(7-25)5-22-16(10)24(23-15)12-4-14(21-6-11(12)18)27-8-13(19)20/h3-7,13,26H,8H2,1-2H3. The van der Waals surface area contributed by atoms with Crippen LogP contribution in [0.15, 0.2) is 24.5 Å². The maximum absolute atomic E-state index is 14.4. The summed E-state index contributed by atoms with van der Waals surface area (Å²) in [5.74, 6) is -1.02. The summed E-state index contributed by atoms with van der Waals surface area (Å²) in [5, 5.41) is 14.9. The fourth-order valence-electron chi connectivity index (χ4n) is 2.50. The Labute approximate surface area is 151 Å². The molecular weight excluding hydrogens is 365 g/mol. The molecule has 0 amide bonds. The molecule has 0 aliphatic carbocycles. The lowest BCUT2D eigenvalue weighted by Crippen LogP contribution is -2.17. The second-order valence-corrected chi connectivity index (χ2v) is 6.25. The van der Waals surface area contributed by atoms with Crippen LogP contribution in [0, 0.1) is 5.82 Å². The topological polar surface area (TPSA) is 90.1 Å². The van der Waals surface area contributed by atoms with Gasteiger partial charge in [0.1, 0.15) is 17.0 Å². The molecule has 142 valence electrons. The number of nitrogens with zero attached hydrogens (tertiary/aromatic N) is 4. The van der Waals surface area contributed by atoms with Gasteiger partial charge in [0.25, 0.3) is 6.43 Å². The van der Waals surface area contributed by atoms with Gasteiger partial charge >= 0.3 is 0 Å². The van der Waals surface area contributed by atoms with Gasteiger partial charge in [-0.1, -0.05) is 0 Å². The lowest BCUT2D eigenvalue weighted by molar-refractivity contribution is 0.0748. The van der Waals surface area contributed by atoms with Crippen LogP contribution in [0.25, 0.3) is 16.7 Å². The number of rotatable bonds is 6. The van der Waals surface area contributed by atoms with E-state index in [1.807, 2.05) is 0 Å². The first-order valence-corrected chi connectivity index (χ1v) is 7.84. The molecule has 0 spiro atoms. The van der Waals surface area contributed by atoms with Crippen LogP contribution < -0.4 is 4.74 Å². The monoisotopic (exact) mass is 380 g/mol. The van der Waals surface area contributed by atoms with E-state index in [1.54, 1.807) is 0 Å². The minimum Gasteiger partial charge on any atom is -0.472 e. The summed E-state index contributed by atoms with van der Waals surface area (Å²) < 4.78 is 44.9. The highest BCUT2D eigenvalue weighted by molar-refractivity contribution is 5.87. The minimum absolute atomic E-state index is 0.152. The van der Waals surface area contributed by atoms with E-state index in [9.17, 15) is 23.1 Å². The van der Waals surface area contributed by atoms with Crippen molar-refractivity contribution in [1.82, 2.24) is 19.7 Å². The Balaban J connectivity index is 2.20. The lowest BCUT2D eigenvalue weighted by Gasteiger charge is -2.14. The van der Waals surface area contributed by atoms with Crippen LogP contribution in [0.4, 0.5) is 13.2 Å². The van der Waals surface area contributed by atoms with Gasteiger partial charge in [-0.25, -0.2) is 27.8 Å². The molecule has 0 fully saturated rings. The summed E-state index contributed by atoms with van der Waals surface area (Å²) in [7, 11) is 0. The van der Waals surface area contributed by atoms with Gasteiger partial charge in [0.2, 0.25) is 5.88 Å². The molecule has 0 aromatic carbocycles. The normalized spacial score (nSPS) is 12.0. The first kappa shape index (κ1) is 18.8. The van der Waals surface area contributed by atoms with E-state index < -0.39 is 24.5 Å². The van der Waals surface area contributed by atoms with E-state index in [1.165, 1.54) is 26.1 Å². The minimum atomic E-state index is -2.71. The van der Waals surface area contributed by atoms with Gasteiger partial charge in [0.05, 0.1) is 6.20 Å². The smallest absolute Gasteiger partial charge is 0.272 e. The predicted octanol–water partition coefficient (Wildman–Crippen LogP) is 2.64. The summed E-state index contributed by atoms with van der Waals surface area (Å²) >= 11 is 0. The highest BCUT2D eigenvalue weighted by Crippen LogP contribution is 2.30. The van der Waals surface area contributed by atoms with E-state index in [2.05, 4.69) is 15.1 Å². The third-order valence-electron chi connectivity index (χ3n) is 3.65. The molecule has 3 heterocycles. The summed E-state index contributed by atoms with van der Waals surface area (Å²) in [6, 6.07) is 2.58. The molecule has 3 aromatic rings. The van der Waals surface area contributed by atoms with E-state index in [4.69, 9.17) is 4.74 Å².